The zero-order chi connectivity index (χ0) is 17.0. The van der Waals surface area contributed by atoms with Gasteiger partial charge < -0.3 is 5.32 Å². The molecule has 0 aliphatic carbocycles. The summed E-state index contributed by atoms with van der Waals surface area (Å²) in [5.41, 5.74) is 1.74. The molecule has 0 fully saturated rings. The van der Waals surface area contributed by atoms with Crippen molar-refractivity contribution in [3.05, 3.63) is 29.8 Å². The van der Waals surface area contributed by atoms with Crippen LogP contribution in [0.2, 0.25) is 0 Å². The first kappa shape index (κ1) is 17.9. The average molecular weight is 339 g/mol. The molecule has 0 aliphatic heterocycles. The van der Waals surface area contributed by atoms with E-state index in [4.69, 9.17) is 0 Å². The lowest BCUT2D eigenvalue weighted by molar-refractivity contribution is -0.123. The van der Waals surface area contributed by atoms with E-state index >= 15 is 0 Å². The van der Waals surface area contributed by atoms with Gasteiger partial charge in [-0.15, -0.1) is 4.83 Å². The highest BCUT2D eigenvalue weighted by molar-refractivity contribution is 7.89. The van der Waals surface area contributed by atoms with Gasteiger partial charge in [0.25, 0.3) is 15.9 Å². The minimum Gasteiger partial charge on any atom is -0.343 e. The van der Waals surface area contributed by atoms with Crippen molar-refractivity contribution in [3.8, 4) is 0 Å². The molecular formula is C11H12F3N3O4S. The highest BCUT2D eigenvalue weighted by Crippen LogP contribution is 2.13. The summed E-state index contributed by atoms with van der Waals surface area (Å²) in [6.45, 7) is -0.396. The van der Waals surface area contributed by atoms with E-state index in [9.17, 15) is 31.2 Å². The molecule has 0 saturated heterocycles. The number of alkyl halides is 3. The molecule has 1 rings (SSSR count). The first-order chi connectivity index (χ1) is 10.0. The zero-order valence-corrected chi connectivity index (χ0v) is 12.0. The van der Waals surface area contributed by atoms with E-state index in [0.29, 0.717) is 0 Å². The Morgan fingerprint density at radius 3 is 2.14 bits per heavy atom. The Labute approximate surface area is 123 Å². The van der Waals surface area contributed by atoms with E-state index in [1.165, 1.54) is 0 Å². The normalized spacial score (nSPS) is 11.8. The lowest BCUT2D eigenvalue weighted by atomic mass is 10.2. The van der Waals surface area contributed by atoms with Gasteiger partial charge in [-0.05, 0) is 24.3 Å². The highest BCUT2D eigenvalue weighted by atomic mass is 32.2. The van der Waals surface area contributed by atoms with Crippen LogP contribution in [-0.4, -0.2) is 33.0 Å². The zero-order valence-electron chi connectivity index (χ0n) is 11.2. The standard InChI is InChI=1S/C11H12F3N3O4S/c1-7(18)16-17-22(20,21)9-4-2-8(3-5-9)10(19)15-6-11(12,13)14/h2-5,17H,6H2,1H3,(H,15,19)(H,16,18). The van der Waals surface area contributed by atoms with Crippen molar-refractivity contribution in [2.24, 2.45) is 0 Å². The third-order valence-electron chi connectivity index (χ3n) is 2.24. The predicted molar refractivity (Wildman–Crippen MR) is 69.0 cm³/mol. The molecule has 22 heavy (non-hydrogen) atoms. The first-order valence-electron chi connectivity index (χ1n) is 5.75. The number of carbonyl (C=O) groups is 2. The van der Waals surface area contributed by atoms with Crippen molar-refractivity contribution in [1.82, 2.24) is 15.6 Å². The molecule has 0 radical (unpaired) electrons. The second kappa shape index (κ2) is 6.75. The molecule has 1 aromatic rings. The summed E-state index contributed by atoms with van der Waals surface area (Å²) in [5.74, 6) is -1.62. The van der Waals surface area contributed by atoms with E-state index in [-0.39, 0.29) is 10.5 Å². The van der Waals surface area contributed by atoms with Crippen LogP contribution in [0, 0.1) is 0 Å². The summed E-state index contributed by atoms with van der Waals surface area (Å²) >= 11 is 0. The highest BCUT2D eigenvalue weighted by Gasteiger charge is 2.28. The summed E-state index contributed by atoms with van der Waals surface area (Å²) in [5, 5.41) is 1.65. The van der Waals surface area contributed by atoms with E-state index in [1.807, 2.05) is 5.43 Å². The minimum absolute atomic E-state index is 0.136. The molecule has 1 aromatic carbocycles. The lowest BCUT2D eigenvalue weighted by Crippen LogP contribution is -2.40. The van der Waals surface area contributed by atoms with Crippen LogP contribution in [0.25, 0.3) is 0 Å². The molecule has 11 heteroatoms. The summed E-state index contributed by atoms with van der Waals surface area (Å²) in [4.78, 5) is 23.6. The largest absolute Gasteiger partial charge is 0.405 e. The molecule has 0 aromatic heterocycles. The summed E-state index contributed by atoms with van der Waals surface area (Å²) in [6, 6.07) is 4.14. The molecule has 0 aliphatic rings. The van der Waals surface area contributed by atoms with E-state index in [0.717, 1.165) is 31.2 Å². The Morgan fingerprint density at radius 2 is 1.68 bits per heavy atom. The number of amides is 2. The second-order valence-electron chi connectivity index (χ2n) is 4.11. The Morgan fingerprint density at radius 1 is 1.14 bits per heavy atom. The van der Waals surface area contributed by atoms with Crippen molar-refractivity contribution >= 4 is 21.8 Å². The van der Waals surface area contributed by atoms with Crippen LogP contribution in [0.3, 0.4) is 0 Å². The first-order valence-corrected chi connectivity index (χ1v) is 7.23. The number of carbonyl (C=O) groups excluding carboxylic acids is 2. The molecule has 0 bridgehead atoms. The van der Waals surface area contributed by atoms with Gasteiger partial charge in [-0.3, -0.25) is 15.0 Å². The minimum atomic E-state index is -4.54. The second-order valence-corrected chi connectivity index (χ2v) is 5.79. The van der Waals surface area contributed by atoms with Gasteiger partial charge in [-0.2, -0.15) is 13.2 Å². The number of hydrogen-bond acceptors (Lipinski definition) is 4. The molecule has 0 spiro atoms. The van der Waals surface area contributed by atoms with Gasteiger partial charge >= 0.3 is 6.18 Å². The van der Waals surface area contributed by atoms with Gasteiger partial charge in [0.1, 0.15) is 6.54 Å². The fourth-order valence-corrected chi connectivity index (χ4v) is 2.16. The quantitative estimate of drug-likeness (QED) is 0.672. The van der Waals surface area contributed by atoms with Gasteiger partial charge in [-0.25, -0.2) is 8.42 Å². The molecule has 0 heterocycles. The number of rotatable bonds is 5. The third-order valence-corrected chi connectivity index (χ3v) is 3.50. The maximum Gasteiger partial charge on any atom is 0.405 e. The molecule has 2 amide bonds. The Kier molecular flexibility index (Phi) is 5.49. The van der Waals surface area contributed by atoms with Crippen LogP contribution in [0.4, 0.5) is 13.2 Å². The van der Waals surface area contributed by atoms with Gasteiger partial charge in [0.05, 0.1) is 4.90 Å². The number of sulfonamides is 1. The predicted octanol–water partition coefficient (Wildman–Crippen LogP) is 0.308. The van der Waals surface area contributed by atoms with Crippen LogP contribution >= 0.6 is 0 Å². The topological polar surface area (TPSA) is 104 Å². The number of benzene rings is 1. The molecule has 0 saturated carbocycles. The molecule has 0 atom stereocenters. The molecule has 0 unspecified atom stereocenters. The average Bonchev–Trinajstić information content (AvgIpc) is 2.42. The van der Waals surface area contributed by atoms with Crippen LogP contribution in [0.1, 0.15) is 17.3 Å². The molecule has 7 nitrogen and oxygen atoms in total. The van der Waals surface area contributed by atoms with Crippen molar-refractivity contribution in [3.63, 3.8) is 0 Å². The summed E-state index contributed by atoms with van der Waals surface area (Å²) < 4.78 is 59.3. The Balaban J connectivity index is 2.78. The number of halogens is 3. The van der Waals surface area contributed by atoms with E-state index < -0.39 is 34.6 Å². The summed E-state index contributed by atoms with van der Waals surface area (Å²) in [7, 11) is -4.03. The van der Waals surface area contributed by atoms with Crippen molar-refractivity contribution in [1.29, 1.82) is 0 Å². The third kappa shape index (κ3) is 5.69. The van der Waals surface area contributed by atoms with Crippen LogP contribution in [0.5, 0.6) is 0 Å². The van der Waals surface area contributed by atoms with Crippen LogP contribution in [-0.2, 0) is 14.8 Å². The maximum atomic E-state index is 12.0. The SMILES string of the molecule is CC(=O)NNS(=O)(=O)c1ccc(C(=O)NCC(F)(F)F)cc1. The van der Waals surface area contributed by atoms with E-state index in [2.05, 4.69) is 0 Å². The van der Waals surface area contributed by atoms with Gasteiger partial charge in [-0.1, -0.05) is 0 Å². The fourth-order valence-electron chi connectivity index (χ4n) is 1.27. The van der Waals surface area contributed by atoms with Gasteiger partial charge in [0.2, 0.25) is 5.91 Å². The monoisotopic (exact) mass is 339 g/mol. The van der Waals surface area contributed by atoms with Gasteiger partial charge in [0, 0.05) is 12.5 Å². The molecule has 3 N–H and O–H groups in total. The number of hydrogen-bond donors (Lipinski definition) is 3. The molecular weight excluding hydrogens is 327 g/mol. The van der Waals surface area contributed by atoms with Gasteiger partial charge in [0.15, 0.2) is 0 Å². The molecule has 122 valence electrons. The van der Waals surface area contributed by atoms with Crippen LogP contribution in [0.15, 0.2) is 29.2 Å². The summed E-state index contributed by atoms with van der Waals surface area (Å²) in [6.07, 6.45) is -4.54. The maximum absolute atomic E-state index is 12.0. The smallest absolute Gasteiger partial charge is 0.343 e. The number of nitrogens with one attached hydrogen (secondary N) is 3. The fraction of sp³-hybridized carbons (Fsp3) is 0.273. The van der Waals surface area contributed by atoms with Crippen molar-refractivity contribution in [2.45, 2.75) is 18.0 Å². The van der Waals surface area contributed by atoms with E-state index in [1.54, 1.807) is 10.1 Å². The number of hydrazine groups is 1. The van der Waals surface area contributed by atoms with Crippen LogP contribution < -0.4 is 15.6 Å². The van der Waals surface area contributed by atoms with Crippen molar-refractivity contribution < 1.29 is 31.2 Å². The Hall–Kier alpha value is -2.14. The Bertz CT molecular complexity index is 656. The van der Waals surface area contributed by atoms with Crippen molar-refractivity contribution in [2.75, 3.05) is 6.54 Å². The lowest BCUT2D eigenvalue weighted by Gasteiger charge is -2.09.